The maximum Gasteiger partial charge on any atom is 0.293 e. The Bertz CT molecular complexity index is 1130. The van der Waals surface area contributed by atoms with E-state index in [0.717, 1.165) is 56.4 Å². The Hall–Kier alpha value is -3.04. The largest absolute Gasteiger partial charge is 0.481 e. The van der Waals surface area contributed by atoms with E-state index in [-0.39, 0.29) is 5.56 Å². The summed E-state index contributed by atoms with van der Waals surface area (Å²) in [7, 11) is 1.59. The maximum atomic E-state index is 13.4. The van der Waals surface area contributed by atoms with Gasteiger partial charge in [0, 0.05) is 49.3 Å². The fourth-order valence-electron chi connectivity index (χ4n) is 4.17. The minimum absolute atomic E-state index is 0.159. The third kappa shape index (κ3) is 7.48. The van der Waals surface area contributed by atoms with E-state index in [4.69, 9.17) is 9.47 Å². The normalized spacial score (nSPS) is 11.4. The molecule has 0 aliphatic heterocycles. The third-order valence-electron chi connectivity index (χ3n) is 5.91. The molecule has 9 nitrogen and oxygen atoms in total. The van der Waals surface area contributed by atoms with Gasteiger partial charge in [0.15, 0.2) is 11.5 Å². The maximum absolute atomic E-state index is 13.4. The van der Waals surface area contributed by atoms with E-state index >= 15 is 0 Å². The Balaban J connectivity index is 1.84. The Morgan fingerprint density at radius 3 is 2.42 bits per heavy atom. The van der Waals surface area contributed by atoms with Gasteiger partial charge in [-0.15, -0.1) is 0 Å². The van der Waals surface area contributed by atoms with Gasteiger partial charge in [-0.2, -0.15) is 0 Å². The van der Waals surface area contributed by atoms with Crippen molar-refractivity contribution in [3.63, 3.8) is 0 Å². The highest BCUT2D eigenvalue weighted by Crippen LogP contribution is 2.23. The molecule has 196 valence electrons. The van der Waals surface area contributed by atoms with Gasteiger partial charge in [-0.1, -0.05) is 20.8 Å². The first-order valence-corrected chi connectivity index (χ1v) is 13.1. The summed E-state index contributed by atoms with van der Waals surface area (Å²) >= 11 is 0. The molecule has 0 spiro atoms. The van der Waals surface area contributed by atoms with Gasteiger partial charge in [-0.3, -0.25) is 9.36 Å². The molecule has 3 heterocycles. The number of ether oxygens (including phenoxy) is 2. The van der Waals surface area contributed by atoms with Crippen LogP contribution in [0.4, 0.5) is 5.82 Å². The molecule has 0 radical (unpaired) electrons. The van der Waals surface area contributed by atoms with Gasteiger partial charge in [-0.25, -0.2) is 15.0 Å². The van der Waals surface area contributed by atoms with Crippen LogP contribution in [-0.4, -0.2) is 70.9 Å². The molecular formula is C27H40N6O3. The first-order chi connectivity index (χ1) is 17.6. The van der Waals surface area contributed by atoms with E-state index in [0.29, 0.717) is 49.2 Å². The molecule has 0 aromatic carbocycles. The van der Waals surface area contributed by atoms with E-state index in [1.165, 1.54) is 0 Å². The third-order valence-corrected chi connectivity index (χ3v) is 5.91. The number of nitrogens with one attached hydrogen (secondary N) is 1. The summed E-state index contributed by atoms with van der Waals surface area (Å²) in [5, 5.41) is 3.27. The lowest BCUT2D eigenvalue weighted by molar-refractivity contribution is 0.127. The van der Waals surface area contributed by atoms with Crippen LogP contribution in [0.5, 0.6) is 5.88 Å². The van der Waals surface area contributed by atoms with Gasteiger partial charge in [0.2, 0.25) is 5.88 Å². The van der Waals surface area contributed by atoms with Crippen molar-refractivity contribution in [3.05, 3.63) is 40.9 Å². The Kier molecular flexibility index (Phi) is 11.1. The highest BCUT2D eigenvalue weighted by Gasteiger charge is 2.14. The predicted octanol–water partition coefficient (Wildman–Crippen LogP) is 4.21. The molecule has 3 aromatic heterocycles. The average Bonchev–Trinajstić information content (AvgIpc) is 2.90. The van der Waals surface area contributed by atoms with Gasteiger partial charge in [0.05, 0.1) is 19.2 Å². The van der Waals surface area contributed by atoms with Crippen molar-refractivity contribution in [2.75, 3.05) is 51.8 Å². The number of rotatable bonds is 16. The fourth-order valence-corrected chi connectivity index (χ4v) is 4.17. The number of hydrogen-bond acceptors (Lipinski definition) is 8. The summed E-state index contributed by atoms with van der Waals surface area (Å²) in [5.41, 5.74) is 2.79. The van der Waals surface area contributed by atoms with Crippen LogP contribution < -0.4 is 15.6 Å². The number of methoxy groups -OCH3 is 1. The van der Waals surface area contributed by atoms with Crippen molar-refractivity contribution in [1.29, 1.82) is 0 Å². The van der Waals surface area contributed by atoms with Crippen LogP contribution in [0.25, 0.3) is 22.3 Å². The Morgan fingerprint density at radius 2 is 1.75 bits per heavy atom. The zero-order valence-corrected chi connectivity index (χ0v) is 22.1. The molecule has 36 heavy (non-hydrogen) atoms. The molecule has 3 aromatic rings. The second-order valence-corrected chi connectivity index (χ2v) is 8.81. The molecule has 0 unspecified atom stereocenters. The van der Waals surface area contributed by atoms with Gasteiger partial charge in [0.25, 0.3) is 5.56 Å². The van der Waals surface area contributed by atoms with E-state index in [1.54, 1.807) is 30.1 Å². The number of pyridine rings is 2. The minimum Gasteiger partial charge on any atom is -0.481 e. The molecule has 0 amide bonds. The van der Waals surface area contributed by atoms with Crippen molar-refractivity contribution in [2.24, 2.45) is 0 Å². The second kappa shape index (κ2) is 14.5. The fraction of sp³-hybridized carbons (Fsp3) is 0.556. The van der Waals surface area contributed by atoms with Gasteiger partial charge >= 0.3 is 0 Å². The van der Waals surface area contributed by atoms with E-state index < -0.39 is 0 Å². The van der Waals surface area contributed by atoms with Crippen LogP contribution >= 0.6 is 0 Å². The van der Waals surface area contributed by atoms with E-state index in [1.807, 2.05) is 12.1 Å². The second-order valence-electron chi connectivity index (χ2n) is 8.81. The number of aromatic nitrogens is 4. The van der Waals surface area contributed by atoms with Crippen molar-refractivity contribution >= 4 is 17.0 Å². The Labute approximate surface area is 213 Å². The standard InChI is InChI=1S/C27H40N6O3/c1-5-12-32(13-6-2)14-8-11-28-26-27(34)33(15-17-36-16-7-3)23-18-22(20-30-25(23)31-26)21-9-10-24(35-4)29-19-21/h9-10,18-20H,5-8,11-17H2,1-4H3,(H,28,30,31). The van der Waals surface area contributed by atoms with Crippen molar-refractivity contribution < 1.29 is 9.47 Å². The Morgan fingerprint density at radius 1 is 0.972 bits per heavy atom. The summed E-state index contributed by atoms with van der Waals surface area (Å²) in [6.45, 7) is 11.9. The molecule has 0 fully saturated rings. The number of fused-ring (bicyclic) bond motifs is 1. The van der Waals surface area contributed by atoms with E-state index in [9.17, 15) is 4.79 Å². The van der Waals surface area contributed by atoms with Gasteiger partial charge in [0.1, 0.15) is 0 Å². The lowest BCUT2D eigenvalue weighted by Crippen LogP contribution is -2.30. The van der Waals surface area contributed by atoms with Crippen LogP contribution in [0.2, 0.25) is 0 Å². The van der Waals surface area contributed by atoms with Crippen molar-refractivity contribution in [2.45, 2.75) is 53.0 Å². The van der Waals surface area contributed by atoms with Crippen LogP contribution in [0.1, 0.15) is 46.5 Å². The molecule has 0 saturated heterocycles. The number of nitrogens with zero attached hydrogens (tertiary/aromatic N) is 5. The molecule has 0 bridgehead atoms. The van der Waals surface area contributed by atoms with Gasteiger partial charge < -0.3 is 19.7 Å². The van der Waals surface area contributed by atoms with Crippen LogP contribution in [0.3, 0.4) is 0 Å². The van der Waals surface area contributed by atoms with Crippen LogP contribution in [0, 0.1) is 0 Å². The monoisotopic (exact) mass is 496 g/mol. The SMILES string of the molecule is CCCOCCn1c(=O)c(NCCCN(CCC)CCC)nc2ncc(-c3ccc(OC)nc3)cc21. The van der Waals surface area contributed by atoms with E-state index in [2.05, 4.69) is 45.9 Å². The summed E-state index contributed by atoms with van der Waals surface area (Å²) in [5.74, 6) is 0.879. The molecule has 0 aliphatic rings. The molecule has 0 atom stereocenters. The number of hydrogen-bond donors (Lipinski definition) is 1. The molecule has 9 heteroatoms. The highest BCUT2D eigenvalue weighted by atomic mass is 16.5. The first kappa shape index (κ1) is 27.5. The van der Waals surface area contributed by atoms with Crippen LogP contribution in [-0.2, 0) is 11.3 Å². The lowest BCUT2D eigenvalue weighted by Gasteiger charge is -2.21. The summed E-state index contributed by atoms with van der Waals surface area (Å²) in [4.78, 5) is 29.4. The minimum atomic E-state index is -0.159. The lowest BCUT2D eigenvalue weighted by atomic mass is 10.1. The zero-order chi connectivity index (χ0) is 25.8. The van der Waals surface area contributed by atoms with Crippen LogP contribution in [0.15, 0.2) is 35.4 Å². The molecule has 3 rings (SSSR count). The quantitative estimate of drug-likeness (QED) is 0.295. The summed E-state index contributed by atoms with van der Waals surface area (Å²) in [6, 6.07) is 5.67. The summed E-state index contributed by atoms with van der Waals surface area (Å²) in [6.07, 6.45) is 7.66. The van der Waals surface area contributed by atoms with Crippen molar-refractivity contribution in [1.82, 2.24) is 24.4 Å². The number of anilines is 1. The summed E-state index contributed by atoms with van der Waals surface area (Å²) < 4.78 is 12.6. The highest BCUT2D eigenvalue weighted by molar-refractivity contribution is 5.78. The molecular weight excluding hydrogens is 456 g/mol. The predicted molar refractivity (Wildman–Crippen MR) is 145 cm³/mol. The van der Waals surface area contributed by atoms with Crippen molar-refractivity contribution in [3.8, 4) is 17.0 Å². The topological polar surface area (TPSA) is 94.4 Å². The van der Waals surface area contributed by atoms with Gasteiger partial charge in [-0.05, 0) is 57.5 Å². The molecule has 0 saturated carbocycles. The smallest absolute Gasteiger partial charge is 0.293 e. The molecule has 0 aliphatic carbocycles. The first-order valence-electron chi connectivity index (χ1n) is 13.1. The zero-order valence-electron chi connectivity index (χ0n) is 22.1. The molecule has 1 N–H and O–H groups in total. The average molecular weight is 497 g/mol.